The molecule has 2 N–H and O–H groups in total. The van der Waals surface area contributed by atoms with Crippen LogP contribution in [0.5, 0.6) is 5.88 Å². The molecule has 1 aliphatic rings. The summed E-state index contributed by atoms with van der Waals surface area (Å²) in [6.45, 7) is 0.599. The van der Waals surface area contributed by atoms with Crippen molar-refractivity contribution in [2.75, 3.05) is 6.61 Å². The molecule has 1 aromatic rings. The summed E-state index contributed by atoms with van der Waals surface area (Å²) in [6.07, 6.45) is 1.53. The number of hydrogen-bond donors (Lipinski definition) is 2. The van der Waals surface area contributed by atoms with E-state index < -0.39 is 12.8 Å². The summed E-state index contributed by atoms with van der Waals surface area (Å²) in [7, 11) is 0. The molecule has 0 spiro atoms. The molecular formula is C15H14ClF3N4O. The van der Waals surface area contributed by atoms with Gasteiger partial charge in [0, 0.05) is 30.7 Å². The first-order valence-electron chi connectivity index (χ1n) is 6.84. The number of pyridine rings is 1. The summed E-state index contributed by atoms with van der Waals surface area (Å²) in [5, 5.41) is 10.9. The van der Waals surface area contributed by atoms with Crippen molar-refractivity contribution >= 4 is 22.5 Å². The number of nitrogens with one attached hydrogen (secondary N) is 2. The van der Waals surface area contributed by atoms with Gasteiger partial charge < -0.3 is 15.5 Å². The minimum Gasteiger partial charge on any atom is -0.468 e. The summed E-state index contributed by atoms with van der Waals surface area (Å²) < 4.78 is 41.1. The van der Waals surface area contributed by atoms with Crippen LogP contribution in [0.15, 0.2) is 41.3 Å². The molecular weight excluding hydrogens is 345 g/mol. The number of allylic oxidation sites excluding steroid dienone is 2. The Kier molecular flexibility index (Phi) is 5.61. The van der Waals surface area contributed by atoms with Crippen molar-refractivity contribution in [3.05, 3.63) is 47.4 Å². The lowest BCUT2D eigenvalue weighted by atomic mass is 10.1. The van der Waals surface area contributed by atoms with Crippen LogP contribution in [0.3, 0.4) is 0 Å². The number of aliphatic imine (C=N–C) groups is 1. The van der Waals surface area contributed by atoms with Crippen molar-refractivity contribution < 1.29 is 17.9 Å². The Morgan fingerprint density at radius 2 is 2.17 bits per heavy atom. The van der Waals surface area contributed by atoms with Gasteiger partial charge in [0.1, 0.15) is 5.17 Å². The van der Waals surface area contributed by atoms with E-state index in [9.17, 15) is 13.2 Å². The normalized spacial score (nSPS) is 16.3. The fourth-order valence-corrected chi connectivity index (χ4v) is 2.09. The minimum absolute atomic E-state index is 0.0520. The van der Waals surface area contributed by atoms with Crippen molar-refractivity contribution in [3.63, 3.8) is 0 Å². The van der Waals surface area contributed by atoms with E-state index in [1.165, 1.54) is 18.5 Å². The third-order valence-electron chi connectivity index (χ3n) is 2.95. The van der Waals surface area contributed by atoms with Crippen LogP contribution in [0.2, 0.25) is 0 Å². The first kappa shape index (κ1) is 18.0. The number of halogens is 4. The molecule has 0 bridgehead atoms. The standard InChI is InChI=1S/C15H14ClF3N4O/c1-9-4-10(6-23-14(9)24-8-15(17,18)19)5-21-7-11-12(20)2-3-22-13(11)16/h2-4,6-7,20-21H,5,8H2,1H3/b11-7+,20-12?. The maximum absolute atomic E-state index is 12.1. The number of aryl methyl sites for hydroxylation is 1. The largest absolute Gasteiger partial charge is 0.468 e. The summed E-state index contributed by atoms with van der Waals surface area (Å²) in [6, 6.07) is 1.67. The average molecular weight is 359 g/mol. The molecule has 24 heavy (non-hydrogen) atoms. The third-order valence-corrected chi connectivity index (χ3v) is 3.25. The summed E-state index contributed by atoms with van der Waals surface area (Å²) in [4.78, 5) is 7.78. The summed E-state index contributed by atoms with van der Waals surface area (Å²) >= 11 is 5.91. The van der Waals surface area contributed by atoms with Crippen LogP contribution in [-0.2, 0) is 6.54 Å². The SMILES string of the molecule is Cc1cc(CN/C=C2\C(=N)C=CN=C2Cl)cnc1OCC(F)(F)F. The van der Waals surface area contributed by atoms with Crippen molar-refractivity contribution in [2.45, 2.75) is 19.6 Å². The summed E-state index contributed by atoms with van der Waals surface area (Å²) in [5.74, 6) is -0.0520. The highest BCUT2D eigenvalue weighted by Crippen LogP contribution is 2.20. The number of aromatic nitrogens is 1. The first-order chi connectivity index (χ1) is 11.3. The number of rotatable bonds is 5. The fraction of sp³-hybridized carbons (Fsp3) is 0.267. The van der Waals surface area contributed by atoms with E-state index in [-0.39, 0.29) is 16.8 Å². The van der Waals surface area contributed by atoms with Gasteiger partial charge in [-0.2, -0.15) is 13.2 Å². The lowest BCUT2D eigenvalue weighted by Gasteiger charge is -2.12. The van der Waals surface area contributed by atoms with Crippen molar-refractivity contribution in [1.82, 2.24) is 10.3 Å². The highest BCUT2D eigenvalue weighted by atomic mass is 35.5. The molecule has 5 nitrogen and oxygen atoms in total. The number of nitrogens with zero attached hydrogens (tertiary/aromatic N) is 2. The quantitative estimate of drug-likeness (QED) is 0.846. The van der Waals surface area contributed by atoms with Crippen molar-refractivity contribution in [2.24, 2.45) is 4.99 Å². The average Bonchev–Trinajstić information content (AvgIpc) is 2.48. The molecule has 0 unspecified atom stereocenters. The van der Waals surface area contributed by atoms with E-state index in [1.54, 1.807) is 19.2 Å². The first-order valence-corrected chi connectivity index (χ1v) is 7.22. The second kappa shape index (κ2) is 7.48. The molecule has 0 saturated heterocycles. The van der Waals surface area contributed by atoms with Crippen molar-refractivity contribution in [3.8, 4) is 5.88 Å². The maximum atomic E-state index is 12.1. The Morgan fingerprint density at radius 3 is 2.79 bits per heavy atom. The van der Waals surface area contributed by atoms with Gasteiger partial charge in [0.05, 0.1) is 11.3 Å². The van der Waals surface area contributed by atoms with Crippen LogP contribution in [-0.4, -0.2) is 28.6 Å². The van der Waals surface area contributed by atoms with Crippen LogP contribution in [0.25, 0.3) is 0 Å². The highest BCUT2D eigenvalue weighted by Gasteiger charge is 2.28. The summed E-state index contributed by atoms with van der Waals surface area (Å²) in [5.41, 5.74) is 1.93. The van der Waals surface area contributed by atoms with Crippen molar-refractivity contribution in [1.29, 1.82) is 5.41 Å². The predicted molar refractivity (Wildman–Crippen MR) is 85.6 cm³/mol. The van der Waals surface area contributed by atoms with Gasteiger partial charge in [0.15, 0.2) is 6.61 Å². The second-order valence-corrected chi connectivity index (χ2v) is 5.32. The fourth-order valence-electron chi connectivity index (χ4n) is 1.87. The van der Waals surface area contributed by atoms with Crippen LogP contribution in [0.4, 0.5) is 13.2 Å². The molecule has 2 heterocycles. The molecule has 0 fully saturated rings. The molecule has 0 amide bonds. The van der Waals surface area contributed by atoms with Gasteiger partial charge in [-0.3, -0.25) is 0 Å². The zero-order valence-corrected chi connectivity index (χ0v) is 13.4. The van der Waals surface area contributed by atoms with Crippen LogP contribution in [0.1, 0.15) is 11.1 Å². The second-order valence-electron chi connectivity index (χ2n) is 4.96. The molecule has 0 aromatic carbocycles. The topological polar surface area (TPSA) is 70.4 Å². The van der Waals surface area contributed by atoms with Gasteiger partial charge in [0.25, 0.3) is 0 Å². The zero-order chi connectivity index (χ0) is 17.7. The number of hydrogen-bond acceptors (Lipinski definition) is 5. The van der Waals surface area contributed by atoms with Gasteiger partial charge in [-0.1, -0.05) is 11.6 Å². The number of ether oxygens (including phenoxy) is 1. The van der Waals surface area contributed by atoms with E-state index in [1.807, 2.05) is 0 Å². The molecule has 0 atom stereocenters. The molecule has 0 aliphatic carbocycles. The van der Waals surface area contributed by atoms with Gasteiger partial charge in [-0.15, -0.1) is 0 Å². The Hall–Kier alpha value is -2.35. The molecule has 2 rings (SSSR count). The molecule has 1 aromatic heterocycles. The van der Waals surface area contributed by atoms with E-state index in [4.69, 9.17) is 17.0 Å². The van der Waals surface area contributed by atoms with Crippen LogP contribution < -0.4 is 10.1 Å². The van der Waals surface area contributed by atoms with Gasteiger partial charge in [-0.05, 0) is 24.6 Å². The predicted octanol–water partition coefficient (Wildman–Crippen LogP) is 3.49. The monoisotopic (exact) mass is 358 g/mol. The number of alkyl halides is 3. The smallest absolute Gasteiger partial charge is 0.422 e. The van der Waals surface area contributed by atoms with Gasteiger partial charge >= 0.3 is 6.18 Å². The molecule has 128 valence electrons. The zero-order valence-electron chi connectivity index (χ0n) is 12.6. The molecule has 0 radical (unpaired) electrons. The lowest BCUT2D eigenvalue weighted by molar-refractivity contribution is -0.154. The lowest BCUT2D eigenvalue weighted by Crippen LogP contribution is -2.20. The van der Waals surface area contributed by atoms with Crippen LogP contribution >= 0.6 is 11.6 Å². The molecule has 0 saturated carbocycles. The highest BCUT2D eigenvalue weighted by molar-refractivity contribution is 6.73. The van der Waals surface area contributed by atoms with E-state index in [0.29, 0.717) is 17.7 Å². The van der Waals surface area contributed by atoms with Crippen LogP contribution in [0, 0.1) is 12.3 Å². The molecule has 1 aliphatic heterocycles. The van der Waals surface area contributed by atoms with Gasteiger partial charge in [-0.25, -0.2) is 9.98 Å². The third kappa shape index (κ3) is 5.09. The van der Waals surface area contributed by atoms with E-state index >= 15 is 0 Å². The Labute approximate surface area is 141 Å². The maximum Gasteiger partial charge on any atom is 0.422 e. The molecule has 9 heteroatoms. The van der Waals surface area contributed by atoms with E-state index in [2.05, 4.69) is 20.0 Å². The Bertz CT molecular complexity index is 726. The van der Waals surface area contributed by atoms with Gasteiger partial charge in [0.2, 0.25) is 5.88 Å². The van der Waals surface area contributed by atoms with E-state index in [0.717, 1.165) is 5.56 Å². The minimum atomic E-state index is -4.40. The Morgan fingerprint density at radius 1 is 1.42 bits per heavy atom. The Balaban J connectivity index is 1.97.